The summed E-state index contributed by atoms with van der Waals surface area (Å²) in [7, 11) is 0. The first-order valence-electron chi connectivity index (χ1n) is 5.17. The summed E-state index contributed by atoms with van der Waals surface area (Å²) in [6.07, 6.45) is 1.69. The lowest BCUT2D eigenvalue weighted by atomic mass is 10.1. The van der Waals surface area contributed by atoms with E-state index in [1.54, 1.807) is 6.26 Å². The number of hydrogen-bond acceptors (Lipinski definition) is 3. The van der Waals surface area contributed by atoms with E-state index in [1.807, 2.05) is 6.07 Å². The van der Waals surface area contributed by atoms with E-state index in [2.05, 4.69) is 47.3 Å². The summed E-state index contributed by atoms with van der Waals surface area (Å²) in [5.41, 5.74) is 1.35. The molecular weight excluding hydrogens is 256 g/mol. The van der Waals surface area contributed by atoms with Gasteiger partial charge in [0.2, 0.25) is 0 Å². The van der Waals surface area contributed by atoms with Gasteiger partial charge in [0.15, 0.2) is 4.67 Å². The van der Waals surface area contributed by atoms with Gasteiger partial charge in [-0.2, -0.15) is 0 Å². The van der Waals surface area contributed by atoms with Crippen molar-refractivity contribution < 1.29 is 4.42 Å². The maximum absolute atomic E-state index is 5.14. The molecule has 15 heavy (non-hydrogen) atoms. The number of halogens is 1. The molecule has 0 bridgehead atoms. The minimum atomic E-state index is 0.192. The first-order chi connectivity index (χ1) is 6.99. The summed E-state index contributed by atoms with van der Waals surface area (Å²) in [6.45, 7) is 9.26. The second-order valence-electron chi connectivity index (χ2n) is 4.57. The number of rotatable bonds is 5. The number of hydrogen-bond donors (Lipinski definition) is 2. The van der Waals surface area contributed by atoms with E-state index in [1.165, 1.54) is 0 Å². The summed E-state index contributed by atoms with van der Waals surface area (Å²) in [6, 6.07) is 1.97. The van der Waals surface area contributed by atoms with Crippen LogP contribution in [0.3, 0.4) is 0 Å². The minimum absolute atomic E-state index is 0.192. The Kier molecular flexibility index (Phi) is 4.83. The Labute approximate surface area is 99.7 Å². The molecule has 0 fully saturated rings. The van der Waals surface area contributed by atoms with E-state index in [-0.39, 0.29) is 5.54 Å². The van der Waals surface area contributed by atoms with Crippen LogP contribution in [0.25, 0.3) is 0 Å². The van der Waals surface area contributed by atoms with Crippen LogP contribution < -0.4 is 10.6 Å². The first kappa shape index (κ1) is 12.7. The van der Waals surface area contributed by atoms with Gasteiger partial charge < -0.3 is 15.1 Å². The molecule has 3 nitrogen and oxygen atoms in total. The Hall–Kier alpha value is -0.320. The van der Waals surface area contributed by atoms with Gasteiger partial charge in [0.05, 0.1) is 6.26 Å². The second-order valence-corrected chi connectivity index (χ2v) is 5.29. The Morgan fingerprint density at radius 3 is 2.60 bits per heavy atom. The van der Waals surface area contributed by atoms with Gasteiger partial charge in [0.1, 0.15) is 0 Å². The van der Waals surface area contributed by atoms with Gasteiger partial charge in [-0.15, -0.1) is 0 Å². The maximum Gasteiger partial charge on any atom is 0.173 e. The van der Waals surface area contributed by atoms with Crippen LogP contribution in [0.5, 0.6) is 0 Å². The van der Waals surface area contributed by atoms with Crippen molar-refractivity contribution in [3.8, 4) is 0 Å². The molecule has 1 rings (SSSR count). The molecule has 0 atom stereocenters. The SMILES string of the molecule is CC(C)(C)NCCNCc1ccoc1Br. The molecule has 0 amide bonds. The molecule has 0 aliphatic rings. The maximum atomic E-state index is 5.14. The molecule has 0 saturated carbocycles. The lowest BCUT2D eigenvalue weighted by Crippen LogP contribution is -2.40. The van der Waals surface area contributed by atoms with Gasteiger partial charge in [-0.05, 0) is 42.8 Å². The third-order valence-corrected chi connectivity index (χ3v) is 2.66. The Balaban J connectivity index is 2.10. The molecule has 0 aromatic carbocycles. The van der Waals surface area contributed by atoms with Crippen LogP contribution in [0.4, 0.5) is 0 Å². The van der Waals surface area contributed by atoms with E-state index in [9.17, 15) is 0 Å². The van der Waals surface area contributed by atoms with Crippen molar-refractivity contribution in [3.63, 3.8) is 0 Å². The lowest BCUT2D eigenvalue weighted by Gasteiger charge is -2.20. The fraction of sp³-hybridized carbons (Fsp3) is 0.636. The van der Waals surface area contributed by atoms with E-state index >= 15 is 0 Å². The van der Waals surface area contributed by atoms with Gasteiger partial charge in [0.25, 0.3) is 0 Å². The third kappa shape index (κ3) is 5.35. The monoisotopic (exact) mass is 274 g/mol. The van der Waals surface area contributed by atoms with Gasteiger partial charge in [0, 0.05) is 30.7 Å². The van der Waals surface area contributed by atoms with Gasteiger partial charge in [-0.1, -0.05) is 0 Å². The molecule has 0 aliphatic heterocycles. The van der Waals surface area contributed by atoms with Gasteiger partial charge >= 0.3 is 0 Å². The van der Waals surface area contributed by atoms with Gasteiger partial charge in [-0.25, -0.2) is 0 Å². The summed E-state index contributed by atoms with van der Waals surface area (Å²) >= 11 is 3.34. The topological polar surface area (TPSA) is 37.2 Å². The summed E-state index contributed by atoms with van der Waals surface area (Å²) in [5.74, 6) is 0. The second kappa shape index (κ2) is 5.68. The van der Waals surface area contributed by atoms with Crippen molar-refractivity contribution in [3.05, 3.63) is 22.6 Å². The van der Waals surface area contributed by atoms with Gasteiger partial charge in [-0.3, -0.25) is 0 Å². The molecule has 1 heterocycles. The summed E-state index contributed by atoms with van der Waals surface area (Å²) < 4.78 is 5.96. The number of nitrogens with one attached hydrogen (secondary N) is 2. The summed E-state index contributed by atoms with van der Waals surface area (Å²) in [5, 5.41) is 6.77. The molecule has 0 aliphatic carbocycles. The Morgan fingerprint density at radius 2 is 2.07 bits per heavy atom. The Morgan fingerprint density at radius 1 is 1.33 bits per heavy atom. The van der Waals surface area contributed by atoms with Crippen molar-refractivity contribution in [2.45, 2.75) is 32.9 Å². The normalized spacial score (nSPS) is 12.0. The number of furan rings is 1. The quantitative estimate of drug-likeness (QED) is 0.811. The summed E-state index contributed by atoms with van der Waals surface area (Å²) in [4.78, 5) is 0. The predicted octanol–water partition coefficient (Wildman–Crippen LogP) is 2.52. The largest absolute Gasteiger partial charge is 0.457 e. The molecule has 0 spiro atoms. The zero-order valence-corrected chi connectivity index (χ0v) is 11.1. The van der Waals surface area contributed by atoms with Crippen LogP contribution in [0.2, 0.25) is 0 Å². The highest BCUT2D eigenvalue weighted by Crippen LogP contribution is 2.16. The van der Waals surface area contributed by atoms with Crippen molar-refractivity contribution >= 4 is 15.9 Å². The minimum Gasteiger partial charge on any atom is -0.457 e. The Bertz CT molecular complexity index is 291. The third-order valence-electron chi connectivity index (χ3n) is 1.97. The van der Waals surface area contributed by atoms with Crippen LogP contribution in [0.15, 0.2) is 21.4 Å². The average molecular weight is 275 g/mol. The van der Waals surface area contributed by atoms with E-state index < -0.39 is 0 Å². The highest BCUT2D eigenvalue weighted by molar-refractivity contribution is 9.10. The van der Waals surface area contributed by atoms with E-state index in [0.717, 1.165) is 29.9 Å². The fourth-order valence-corrected chi connectivity index (χ4v) is 1.57. The zero-order chi connectivity index (χ0) is 11.3. The molecule has 4 heteroatoms. The molecule has 2 N–H and O–H groups in total. The van der Waals surface area contributed by atoms with Crippen molar-refractivity contribution in [2.24, 2.45) is 0 Å². The van der Waals surface area contributed by atoms with E-state index in [0.29, 0.717) is 0 Å². The van der Waals surface area contributed by atoms with Crippen LogP contribution in [-0.2, 0) is 6.54 Å². The van der Waals surface area contributed by atoms with Crippen LogP contribution in [0.1, 0.15) is 26.3 Å². The molecule has 1 aromatic heterocycles. The predicted molar refractivity (Wildman–Crippen MR) is 65.9 cm³/mol. The zero-order valence-electron chi connectivity index (χ0n) is 9.56. The molecule has 0 radical (unpaired) electrons. The van der Waals surface area contributed by atoms with Crippen LogP contribution in [0, 0.1) is 0 Å². The van der Waals surface area contributed by atoms with Crippen LogP contribution in [-0.4, -0.2) is 18.6 Å². The lowest BCUT2D eigenvalue weighted by molar-refractivity contribution is 0.421. The molecule has 86 valence electrons. The average Bonchev–Trinajstić information content (AvgIpc) is 2.49. The molecule has 0 unspecified atom stereocenters. The first-order valence-corrected chi connectivity index (χ1v) is 5.96. The van der Waals surface area contributed by atoms with Crippen molar-refractivity contribution in [1.29, 1.82) is 0 Å². The van der Waals surface area contributed by atoms with Crippen molar-refractivity contribution in [1.82, 2.24) is 10.6 Å². The van der Waals surface area contributed by atoms with E-state index in [4.69, 9.17) is 4.42 Å². The molecule has 0 saturated heterocycles. The molecular formula is C11H19BrN2O. The fourth-order valence-electron chi connectivity index (χ4n) is 1.19. The highest BCUT2D eigenvalue weighted by atomic mass is 79.9. The standard InChI is InChI=1S/C11H19BrN2O/c1-11(2,3)14-6-5-13-8-9-4-7-15-10(9)12/h4,7,13-14H,5-6,8H2,1-3H3. The molecule has 1 aromatic rings. The van der Waals surface area contributed by atoms with Crippen LogP contribution >= 0.6 is 15.9 Å². The smallest absolute Gasteiger partial charge is 0.173 e. The van der Waals surface area contributed by atoms with Crippen molar-refractivity contribution in [2.75, 3.05) is 13.1 Å². The highest BCUT2D eigenvalue weighted by Gasteiger charge is 2.07.